The number of amides is 2. The molecule has 1 aromatic heterocycles. The number of hydrogen-bond acceptors (Lipinski definition) is 6. The first kappa shape index (κ1) is 34.0. The lowest BCUT2D eigenvalue weighted by atomic mass is 10.0. The van der Waals surface area contributed by atoms with Crippen LogP contribution < -0.4 is 21.1 Å². The molecule has 46 heavy (non-hydrogen) atoms. The van der Waals surface area contributed by atoms with Gasteiger partial charge in [-0.15, -0.1) is 0 Å². The molecule has 10 nitrogen and oxygen atoms in total. The Balaban J connectivity index is 1.48. The van der Waals surface area contributed by atoms with Crippen LogP contribution in [0.3, 0.4) is 0 Å². The summed E-state index contributed by atoms with van der Waals surface area (Å²) in [6, 6.07) is 27.2. The van der Waals surface area contributed by atoms with Crippen LogP contribution in [-0.2, 0) is 44.8 Å². The lowest BCUT2D eigenvalue weighted by molar-refractivity contribution is -0.130. The van der Waals surface area contributed by atoms with Crippen molar-refractivity contribution in [2.24, 2.45) is 5.73 Å². The molecule has 0 saturated heterocycles. The van der Waals surface area contributed by atoms with E-state index in [2.05, 4.69) is 20.3 Å². The monoisotopic (exact) mass is 640 g/mol. The van der Waals surface area contributed by atoms with Gasteiger partial charge in [-0.25, -0.2) is 13.1 Å². The number of amidine groups is 1. The number of pyridine rings is 1. The third-order valence-corrected chi connectivity index (χ3v) is 8.83. The highest BCUT2D eigenvalue weighted by Crippen LogP contribution is 2.12. The minimum Gasteiger partial charge on any atom is -0.384 e. The van der Waals surface area contributed by atoms with Gasteiger partial charge in [0.15, 0.2) is 0 Å². The van der Waals surface area contributed by atoms with Crippen molar-refractivity contribution in [2.45, 2.75) is 56.5 Å². The number of nitrogens with zero attached hydrogens (tertiary/aromatic N) is 1. The van der Waals surface area contributed by atoms with Crippen molar-refractivity contribution in [2.75, 3.05) is 0 Å². The zero-order chi connectivity index (χ0) is 32.8. The van der Waals surface area contributed by atoms with E-state index in [0.717, 1.165) is 16.7 Å². The van der Waals surface area contributed by atoms with E-state index in [9.17, 15) is 18.0 Å². The van der Waals surface area contributed by atoms with Crippen LogP contribution in [0.25, 0.3) is 0 Å². The molecule has 4 rings (SSSR count). The highest BCUT2D eigenvalue weighted by atomic mass is 32.2. The molecular formula is C35H40N6O4S. The average Bonchev–Trinajstić information content (AvgIpc) is 3.06. The van der Waals surface area contributed by atoms with E-state index in [-0.39, 0.29) is 24.6 Å². The molecule has 2 unspecified atom stereocenters. The van der Waals surface area contributed by atoms with Crippen molar-refractivity contribution < 1.29 is 18.0 Å². The Morgan fingerprint density at radius 3 is 1.96 bits per heavy atom. The second kappa shape index (κ2) is 17.0. The maximum absolute atomic E-state index is 13.8. The summed E-state index contributed by atoms with van der Waals surface area (Å²) < 4.78 is 29.0. The summed E-state index contributed by atoms with van der Waals surface area (Å²) in [6.45, 7) is 0.197. The van der Waals surface area contributed by atoms with Crippen LogP contribution in [0.5, 0.6) is 0 Å². The third-order valence-electron chi connectivity index (χ3n) is 7.47. The minimum atomic E-state index is -3.88. The number of aryl methyl sites for hydroxylation is 2. The second-order valence-corrected chi connectivity index (χ2v) is 12.8. The molecule has 11 heteroatoms. The third kappa shape index (κ3) is 11.2. The molecule has 1 heterocycles. The van der Waals surface area contributed by atoms with Crippen molar-refractivity contribution in [1.29, 1.82) is 5.41 Å². The molecule has 0 aliphatic rings. The van der Waals surface area contributed by atoms with Crippen LogP contribution in [0.4, 0.5) is 0 Å². The molecule has 4 aromatic rings. The molecule has 0 aliphatic carbocycles. The Labute approximate surface area is 270 Å². The number of rotatable bonds is 17. The summed E-state index contributed by atoms with van der Waals surface area (Å²) in [5, 5.41) is 13.3. The number of nitrogens with one attached hydrogen (secondary N) is 4. The Hall–Kier alpha value is -4.87. The van der Waals surface area contributed by atoms with Crippen LogP contribution in [0, 0.1) is 5.41 Å². The molecular weight excluding hydrogens is 600 g/mol. The molecule has 2 atom stereocenters. The first-order valence-electron chi connectivity index (χ1n) is 15.2. The smallest absolute Gasteiger partial charge is 0.242 e. The first-order valence-corrected chi connectivity index (χ1v) is 16.8. The lowest BCUT2D eigenvalue weighted by Gasteiger charge is -2.23. The van der Waals surface area contributed by atoms with E-state index < -0.39 is 33.9 Å². The molecule has 0 aliphatic heterocycles. The molecule has 2 amide bonds. The van der Waals surface area contributed by atoms with Crippen molar-refractivity contribution in [3.63, 3.8) is 0 Å². The maximum atomic E-state index is 13.8. The number of hydrogen-bond donors (Lipinski definition) is 5. The Morgan fingerprint density at radius 2 is 1.33 bits per heavy atom. The highest BCUT2D eigenvalue weighted by molar-refractivity contribution is 7.88. The molecule has 6 N–H and O–H groups in total. The van der Waals surface area contributed by atoms with E-state index in [1.165, 1.54) is 0 Å². The largest absolute Gasteiger partial charge is 0.384 e. The van der Waals surface area contributed by atoms with Gasteiger partial charge < -0.3 is 16.4 Å². The number of carbonyl (C=O) groups is 2. The van der Waals surface area contributed by atoms with Gasteiger partial charge in [-0.3, -0.25) is 20.0 Å². The number of nitrogens with two attached hydrogens (primary N) is 1. The van der Waals surface area contributed by atoms with E-state index >= 15 is 0 Å². The van der Waals surface area contributed by atoms with Gasteiger partial charge in [-0.2, -0.15) is 0 Å². The zero-order valence-electron chi connectivity index (χ0n) is 25.6. The normalized spacial score (nSPS) is 12.5. The Bertz CT molecular complexity index is 1670. The van der Waals surface area contributed by atoms with Crippen LogP contribution in [0.2, 0.25) is 0 Å². The fourth-order valence-electron chi connectivity index (χ4n) is 4.97. The van der Waals surface area contributed by atoms with E-state index in [4.69, 9.17) is 11.1 Å². The van der Waals surface area contributed by atoms with Crippen LogP contribution >= 0.6 is 0 Å². The molecule has 3 aromatic carbocycles. The van der Waals surface area contributed by atoms with E-state index in [0.29, 0.717) is 36.8 Å². The van der Waals surface area contributed by atoms with Gasteiger partial charge in [0, 0.05) is 24.5 Å². The van der Waals surface area contributed by atoms with E-state index in [1.54, 1.807) is 60.9 Å². The summed E-state index contributed by atoms with van der Waals surface area (Å²) in [5.41, 5.74) is 9.55. The molecule has 240 valence electrons. The number of nitrogen functional groups attached to an aromatic ring is 1. The SMILES string of the molecule is N=C(N)c1ccc(CNC(=O)C(CCc2ccncc2)NC(=O)C(CCCc2ccccc2)NS(=O)(=O)Cc2ccccc2)cc1. The summed E-state index contributed by atoms with van der Waals surface area (Å²) >= 11 is 0. The molecule has 0 bridgehead atoms. The predicted octanol–water partition coefficient (Wildman–Crippen LogP) is 3.61. The molecule has 0 radical (unpaired) electrons. The number of aromatic nitrogens is 1. The maximum Gasteiger partial charge on any atom is 0.242 e. The summed E-state index contributed by atoms with van der Waals surface area (Å²) in [4.78, 5) is 31.3. The summed E-state index contributed by atoms with van der Waals surface area (Å²) in [7, 11) is -3.88. The van der Waals surface area contributed by atoms with Crippen LogP contribution in [0.15, 0.2) is 109 Å². The standard InChI is InChI=1S/C35H40N6O4S/c36-33(37)30-17-14-28(15-18-30)24-39-34(42)31(19-16-27-20-22-38-23-21-27)40-35(43)32(13-7-12-26-8-3-1-4-9-26)41-46(44,45)25-29-10-5-2-6-11-29/h1-6,8-11,14-15,17-18,20-23,31-32,41H,7,12-13,16,19,24-25H2,(H3,36,37)(H,39,42)(H,40,43). The van der Waals surface area contributed by atoms with Gasteiger partial charge in [0.2, 0.25) is 21.8 Å². The molecule has 0 spiro atoms. The van der Waals surface area contributed by atoms with Gasteiger partial charge in [0.25, 0.3) is 0 Å². The Kier molecular flexibility index (Phi) is 12.6. The van der Waals surface area contributed by atoms with Crippen molar-refractivity contribution in [1.82, 2.24) is 20.3 Å². The van der Waals surface area contributed by atoms with Crippen LogP contribution in [0.1, 0.15) is 47.1 Å². The highest BCUT2D eigenvalue weighted by Gasteiger charge is 2.28. The molecule has 0 fully saturated rings. The summed E-state index contributed by atoms with van der Waals surface area (Å²) in [6.07, 6.45) is 5.58. The van der Waals surface area contributed by atoms with Gasteiger partial charge in [-0.05, 0) is 66.5 Å². The zero-order valence-corrected chi connectivity index (χ0v) is 26.4. The fourth-order valence-corrected chi connectivity index (χ4v) is 6.34. The van der Waals surface area contributed by atoms with Crippen molar-refractivity contribution in [3.05, 3.63) is 137 Å². The number of sulfonamides is 1. The topological polar surface area (TPSA) is 167 Å². The lowest BCUT2D eigenvalue weighted by Crippen LogP contribution is -2.53. The van der Waals surface area contributed by atoms with Crippen molar-refractivity contribution in [3.8, 4) is 0 Å². The number of carbonyl (C=O) groups excluding carboxylic acids is 2. The second-order valence-electron chi connectivity index (χ2n) is 11.1. The summed E-state index contributed by atoms with van der Waals surface area (Å²) in [5.74, 6) is -1.28. The number of benzene rings is 3. The van der Waals surface area contributed by atoms with Gasteiger partial charge in [0.1, 0.15) is 17.9 Å². The van der Waals surface area contributed by atoms with Gasteiger partial charge in [0.05, 0.1) is 5.75 Å². The fraction of sp³-hybridized carbons (Fsp3) is 0.257. The molecule has 0 saturated carbocycles. The van der Waals surface area contributed by atoms with E-state index in [1.807, 2.05) is 48.5 Å². The van der Waals surface area contributed by atoms with Crippen molar-refractivity contribution >= 4 is 27.7 Å². The predicted molar refractivity (Wildman–Crippen MR) is 179 cm³/mol. The van der Waals surface area contributed by atoms with Gasteiger partial charge >= 0.3 is 0 Å². The minimum absolute atomic E-state index is 0.0489. The first-order chi connectivity index (χ1) is 22.2. The average molecular weight is 641 g/mol. The quantitative estimate of drug-likeness (QED) is 0.0873. The van der Waals surface area contributed by atoms with Gasteiger partial charge in [-0.1, -0.05) is 84.9 Å². The Morgan fingerprint density at radius 1 is 0.717 bits per heavy atom. The van der Waals surface area contributed by atoms with Crippen LogP contribution in [-0.4, -0.2) is 43.1 Å².